The molecule has 0 amide bonds. The number of carbonyl (C=O) groups is 2. The van der Waals surface area contributed by atoms with Crippen LogP contribution in [0.15, 0.2) is 54.6 Å². The number of carbonyl (C=O) groups excluding carboxylic acids is 2. The summed E-state index contributed by atoms with van der Waals surface area (Å²) in [5.41, 5.74) is -0.208. The molecular weight excluding hydrogens is 336 g/mol. The van der Waals surface area contributed by atoms with Crippen molar-refractivity contribution < 1.29 is 29.6 Å². The summed E-state index contributed by atoms with van der Waals surface area (Å²) in [7, 11) is 0. The Labute approximate surface area is 147 Å². The molecule has 3 aromatic carbocycles. The van der Waals surface area contributed by atoms with Crippen molar-refractivity contribution >= 4 is 11.6 Å². The molecule has 0 saturated carbocycles. The van der Waals surface area contributed by atoms with Crippen LogP contribution in [-0.4, -0.2) is 26.9 Å². The molecule has 0 radical (unpaired) electrons. The highest BCUT2D eigenvalue weighted by Crippen LogP contribution is 2.44. The first-order valence-corrected chi connectivity index (χ1v) is 7.71. The zero-order valence-electron chi connectivity index (χ0n) is 13.3. The monoisotopic (exact) mass is 348 g/mol. The summed E-state index contributed by atoms with van der Waals surface area (Å²) in [6, 6.07) is 13.0. The van der Waals surface area contributed by atoms with E-state index >= 15 is 0 Å². The number of fused-ring (bicyclic) bond motifs is 2. The molecule has 0 bridgehead atoms. The van der Waals surface area contributed by atoms with Crippen molar-refractivity contribution in [3.05, 3.63) is 76.9 Å². The highest BCUT2D eigenvalue weighted by Gasteiger charge is 2.36. The molecule has 4 rings (SSSR count). The standard InChI is InChI=1S/C20H12O6/c21-10-5-7-11(8-6-10)26-15-9-14(22)16-17(20(15)25)19(24)13-4-2-1-3-12(13)18(16)23/h1-9,21-22,25H. The van der Waals surface area contributed by atoms with E-state index in [2.05, 4.69) is 0 Å². The Bertz CT molecular complexity index is 1070. The fourth-order valence-corrected chi connectivity index (χ4v) is 2.95. The molecule has 3 N–H and O–H groups in total. The average Bonchev–Trinajstić information content (AvgIpc) is 2.64. The zero-order chi connectivity index (χ0) is 18.4. The first-order valence-electron chi connectivity index (χ1n) is 7.71. The molecule has 0 aromatic heterocycles. The largest absolute Gasteiger partial charge is 0.508 e. The predicted molar refractivity (Wildman–Crippen MR) is 91.3 cm³/mol. The number of hydrogen-bond donors (Lipinski definition) is 3. The molecule has 0 heterocycles. The van der Waals surface area contributed by atoms with Crippen molar-refractivity contribution in [3.8, 4) is 28.7 Å². The van der Waals surface area contributed by atoms with E-state index in [-0.39, 0.29) is 39.5 Å². The second-order valence-electron chi connectivity index (χ2n) is 5.79. The third-order valence-electron chi connectivity index (χ3n) is 4.18. The molecule has 6 heteroatoms. The summed E-state index contributed by atoms with van der Waals surface area (Å²) < 4.78 is 5.50. The van der Waals surface area contributed by atoms with Crippen LogP contribution in [-0.2, 0) is 0 Å². The highest BCUT2D eigenvalue weighted by molar-refractivity contribution is 6.30. The predicted octanol–water partition coefficient (Wildman–Crippen LogP) is 3.37. The smallest absolute Gasteiger partial charge is 0.198 e. The fraction of sp³-hybridized carbons (Fsp3) is 0. The molecule has 3 aromatic rings. The van der Waals surface area contributed by atoms with Crippen molar-refractivity contribution in [1.82, 2.24) is 0 Å². The molecule has 0 spiro atoms. The minimum atomic E-state index is -0.570. The van der Waals surface area contributed by atoms with Crippen molar-refractivity contribution in [1.29, 1.82) is 0 Å². The maximum absolute atomic E-state index is 12.8. The van der Waals surface area contributed by atoms with Crippen LogP contribution in [0.2, 0.25) is 0 Å². The molecule has 0 aliphatic heterocycles. The van der Waals surface area contributed by atoms with E-state index in [9.17, 15) is 24.9 Å². The van der Waals surface area contributed by atoms with Crippen LogP contribution in [0, 0.1) is 0 Å². The Morgan fingerprint density at radius 1 is 0.731 bits per heavy atom. The molecule has 0 fully saturated rings. The first-order chi connectivity index (χ1) is 12.5. The molecule has 0 atom stereocenters. The Balaban J connectivity index is 1.87. The molecule has 0 saturated heterocycles. The fourth-order valence-electron chi connectivity index (χ4n) is 2.95. The lowest BCUT2D eigenvalue weighted by Gasteiger charge is -2.20. The second-order valence-corrected chi connectivity index (χ2v) is 5.79. The first kappa shape index (κ1) is 15.7. The van der Waals surface area contributed by atoms with Crippen LogP contribution in [0.5, 0.6) is 28.7 Å². The van der Waals surface area contributed by atoms with Gasteiger partial charge in [0.1, 0.15) is 17.2 Å². The number of ketones is 2. The van der Waals surface area contributed by atoms with Gasteiger partial charge in [0, 0.05) is 17.2 Å². The highest BCUT2D eigenvalue weighted by atomic mass is 16.5. The normalized spacial score (nSPS) is 12.5. The summed E-state index contributed by atoms with van der Waals surface area (Å²) in [6.45, 7) is 0. The number of aromatic hydroxyl groups is 3. The second kappa shape index (κ2) is 5.63. The van der Waals surface area contributed by atoms with E-state index in [1.165, 1.54) is 36.4 Å². The van der Waals surface area contributed by atoms with Gasteiger partial charge in [0.15, 0.2) is 23.1 Å². The number of phenolic OH excluding ortho intramolecular Hbond substituents is 3. The van der Waals surface area contributed by atoms with Crippen LogP contribution >= 0.6 is 0 Å². The van der Waals surface area contributed by atoms with E-state index in [1.807, 2.05) is 0 Å². The number of phenols is 3. The van der Waals surface area contributed by atoms with Crippen LogP contribution in [0.3, 0.4) is 0 Å². The topological polar surface area (TPSA) is 104 Å². The van der Waals surface area contributed by atoms with Gasteiger partial charge < -0.3 is 20.1 Å². The van der Waals surface area contributed by atoms with Crippen LogP contribution < -0.4 is 4.74 Å². The lowest BCUT2D eigenvalue weighted by Crippen LogP contribution is -2.21. The molecule has 26 heavy (non-hydrogen) atoms. The molecule has 128 valence electrons. The quantitative estimate of drug-likeness (QED) is 0.480. The zero-order valence-corrected chi connectivity index (χ0v) is 13.3. The molecule has 1 aliphatic rings. The van der Waals surface area contributed by atoms with Gasteiger partial charge in [0.05, 0.1) is 11.1 Å². The maximum atomic E-state index is 12.8. The number of hydrogen-bond acceptors (Lipinski definition) is 6. The van der Waals surface area contributed by atoms with Gasteiger partial charge in [-0.05, 0) is 24.3 Å². The summed E-state index contributed by atoms with van der Waals surface area (Å²) in [6.07, 6.45) is 0. The van der Waals surface area contributed by atoms with E-state index in [0.29, 0.717) is 0 Å². The van der Waals surface area contributed by atoms with Gasteiger partial charge in [-0.15, -0.1) is 0 Å². The minimum Gasteiger partial charge on any atom is -0.508 e. The SMILES string of the molecule is O=C1c2ccccc2C(=O)c2c(O)c(Oc3ccc(O)cc3)cc(O)c21. The van der Waals surface area contributed by atoms with Gasteiger partial charge in [-0.2, -0.15) is 0 Å². The summed E-state index contributed by atoms with van der Waals surface area (Å²) in [5.74, 6) is -1.97. The van der Waals surface area contributed by atoms with Crippen molar-refractivity contribution in [3.63, 3.8) is 0 Å². The van der Waals surface area contributed by atoms with Crippen molar-refractivity contribution in [2.75, 3.05) is 0 Å². The Kier molecular flexibility index (Phi) is 3.40. The average molecular weight is 348 g/mol. The van der Waals surface area contributed by atoms with Gasteiger partial charge in [-0.3, -0.25) is 9.59 Å². The van der Waals surface area contributed by atoms with Gasteiger partial charge in [-0.25, -0.2) is 0 Å². The summed E-state index contributed by atoms with van der Waals surface area (Å²) >= 11 is 0. The molecule has 1 aliphatic carbocycles. The van der Waals surface area contributed by atoms with Crippen molar-refractivity contribution in [2.45, 2.75) is 0 Å². The maximum Gasteiger partial charge on any atom is 0.198 e. The minimum absolute atomic E-state index is 0.0345. The molecule has 0 unspecified atom stereocenters. The van der Waals surface area contributed by atoms with Gasteiger partial charge >= 0.3 is 0 Å². The molecular formula is C20H12O6. The summed E-state index contributed by atoms with van der Waals surface area (Å²) in [4.78, 5) is 25.4. The van der Waals surface area contributed by atoms with E-state index < -0.39 is 23.1 Å². The van der Waals surface area contributed by atoms with Crippen LogP contribution in [0.4, 0.5) is 0 Å². The lowest BCUT2D eigenvalue weighted by atomic mass is 9.83. The van der Waals surface area contributed by atoms with Gasteiger partial charge in [0.25, 0.3) is 0 Å². The Morgan fingerprint density at radius 3 is 1.92 bits per heavy atom. The summed E-state index contributed by atoms with van der Waals surface area (Å²) in [5, 5.41) is 30.1. The van der Waals surface area contributed by atoms with Crippen molar-refractivity contribution in [2.24, 2.45) is 0 Å². The third-order valence-corrected chi connectivity index (χ3v) is 4.18. The third kappa shape index (κ3) is 2.28. The van der Waals surface area contributed by atoms with Crippen LogP contribution in [0.1, 0.15) is 31.8 Å². The van der Waals surface area contributed by atoms with Gasteiger partial charge in [0.2, 0.25) is 0 Å². The Hall–Kier alpha value is -3.80. The Morgan fingerprint density at radius 2 is 1.31 bits per heavy atom. The van der Waals surface area contributed by atoms with E-state index in [4.69, 9.17) is 4.74 Å². The van der Waals surface area contributed by atoms with Crippen LogP contribution in [0.25, 0.3) is 0 Å². The number of benzene rings is 3. The molecule has 6 nitrogen and oxygen atoms in total. The number of rotatable bonds is 2. The number of ether oxygens (including phenoxy) is 1. The van der Waals surface area contributed by atoms with E-state index in [0.717, 1.165) is 6.07 Å². The van der Waals surface area contributed by atoms with Gasteiger partial charge in [-0.1, -0.05) is 24.3 Å². The van der Waals surface area contributed by atoms with E-state index in [1.54, 1.807) is 12.1 Å². The lowest BCUT2D eigenvalue weighted by molar-refractivity contribution is 0.0973.